The molecule has 0 atom stereocenters. The van der Waals surface area contributed by atoms with Gasteiger partial charge in [0.1, 0.15) is 18.2 Å². The Morgan fingerprint density at radius 2 is 2.05 bits per heavy atom. The van der Waals surface area contributed by atoms with Gasteiger partial charge in [-0.2, -0.15) is 5.26 Å². The number of aromatic hydroxyl groups is 1. The van der Waals surface area contributed by atoms with Gasteiger partial charge in [-0.05, 0) is 12.5 Å². The SMILES string of the molecule is COC(=O)C=CC(=O)OCCn1c(O)c(C#N)c(C)cc1=O. The largest absolute Gasteiger partial charge is 0.493 e. The minimum atomic E-state index is -0.800. The van der Waals surface area contributed by atoms with Gasteiger partial charge in [0.05, 0.1) is 13.7 Å². The van der Waals surface area contributed by atoms with E-state index < -0.39 is 23.4 Å². The second-order valence-corrected chi connectivity index (χ2v) is 4.15. The minimum Gasteiger partial charge on any atom is -0.493 e. The van der Waals surface area contributed by atoms with E-state index >= 15 is 0 Å². The van der Waals surface area contributed by atoms with E-state index in [4.69, 9.17) is 10.00 Å². The highest BCUT2D eigenvalue weighted by Crippen LogP contribution is 2.16. The molecule has 8 nitrogen and oxygen atoms in total. The van der Waals surface area contributed by atoms with Crippen molar-refractivity contribution in [3.05, 3.63) is 39.7 Å². The Morgan fingerprint density at radius 3 is 2.64 bits per heavy atom. The van der Waals surface area contributed by atoms with Crippen molar-refractivity contribution < 1.29 is 24.2 Å². The molecule has 1 N–H and O–H groups in total. The monoisotopic (exact) mass is 306 g/mol. The summed E-state index contributed by atoms with van der Waals surface area (Å²) >= 11 is 0. The van der Waals surface area contributed by atoms with Crippen molar-refractivity contribution in [3.63, 3.8) is 0 Å². The predicted molar refractivity (Wildman–Crippen MR) is 73.9 cm³/mol. The van der Waals surface area contributed by atoms with Gasteiger partial charge in [0, 0.05) is 18.2 Å². The summed E-state index contributed by atoms with van der Waals surface area (Å²) in [5, 5.41) is 18.8. The molecule has 0 aliphatic rings. The number of esters is 2. The highest BCUT2D eigenvalue weighted by atomic mass is 16.5. The van der Waals surface area contributed by atoms with Crippen molar-refractivity contribution >= 4 is 11.9 Å². The lowest BCUT2D eigenvalue weighted by Gasteiger charge is -2.10. The summed E-state index contributed by atoms with van der Waals surface area (Å²) in [6, 6.07) is 3.00. The van der Waals surface area contributed by atoms with E-state index in [-0.39, 0.29) is 18.7 Å². The molecule has 0 saturated carbocycles. The molecule has 0 bridgehead atoms. The van der Waals surface area contributed by atoms with Crippen LogP contribution in [0.2, 0.25) is 0 Å². The average molecular weight is 306 g/mol. The third kappa shape index (κ3) is 4.21. The van der Waals surface area contributed by atoms with Crippen LogP contribution in [0.4, 0.5) is 0 Å². The summed E-state index contributed by atoms with van der Waals surface area (Å²) in [4.78, 5) is 33.8. The van der Waals surface area contributed by atoms with Crippen LogP contribution in [0.15, 0.2) is 23.0 Å². The molecule has 8 heteroatoms. The van der Waals surface area contributed by atoms with Crippen LogP contribution in [0.3, 0.4) is 0 Å². The van der Waals surface area contributed by atoms with Crippen molar-refractivity contribution in [1.82, 2.24) is 4.57 Å². The molecule has 1 aromatic rings. The fourth-order valence-corrected chi connectivity index (χ4v) is 1.60. The van der Waals surface area contributed by atoms with Crippen molar-refractivity contribution in [2.75, 3.05) is 13.7 Å². The summed E-state index contributed by atoms with van der Waals surface area (Å²) in [6.45, 7) is 1.19. The summed E-state index contributed by atoms with van der Waals surface area (Å²) in [5.74, 6) is -1.98. The molecule has 0 unspecified atom stereocenters. The zero-order chi connectivity index (χ0) is 16.7. The maximum atomic E-state index is 11.7. The molecule has 0 amide bonds. The van der Waals surface area contributed by atoms with E-state index in [9.17, 15) is 19.5 Å². The topological polar surface area (TPSA) is 119 Å². The fourth-order valence-electron chi connectivity index (χ4n) is 1.60. The molecule has 0 fully saturated rings. The Labute approximate surface area is 125 Å². The molecule has 1 heterocycles. The first-order valence-electron chi connectivity index (χ1n) is 6.17. The number of aromatic nitrogens is 1. The van der Waals surface area contributed by atoms with Crippen LogP contribution in [-0.4, -0.2) is 35.3 Å². The number of ether oxygens (including phenoxy) is 2. The Bertz CT molecular complexity index is 711. The number of hydrogen-bond donors (Lipinski definition) is 1. The van der Waals surface area contributed by atoms with Crippen LogP contribution >= 0.6 is 0 Å². The Kier molecular flexibility index (Phi) is 5.89. The maximum Gasteiger partial charge on any atom is 0.331 e. The van der Waals surface area contributed by atoms with Crippen molar-refractivity contribution in [2.24, 2.45) is 0 Å². The molecule has 0 aliphatic carbocycles. The van der Waals surface area contributed by atoms with Crippen LogP contribution in [0.1, 0.15) is 11.1 Å². The summed E-state index contributed by atoms with van der Waals surface area (Å²) in [7, 11) is 1.16. The molecule has 0 spiro atoms. The van der Waals surface area contributed by atoms with Crippen LogP contribution < -0.4 is 5.56 Å². The Hall–Kier alpha value is -3.08. The Morgan fingerprint density at radius 1 is 1.41 bits per heavy atom. The number of carbonyl (C=O) groups excluding carboxylic acids is 2. The van der Waals surface area contributed by atoms with E-state index in [1.807, 2.05) is 0 Å². The summed E-state index contributed by atoms with van der Waals surface area (Å²) in [6.07, 6.45) is 1.77. The summed E-state index contributed by atoms with van der Waals surface area (Å²) < 4.78 is 9.99. The smallest absolute Gasteiger partial charge is 0.331 e. The minimum absolute atomic E-state index is 0.0171. The zero-order valence-corrected chi connectivity index (χ0v) is 12.0. The first kappa shape index (κ1) is 17.0. The van der Waals surface area contributed by atoms with Gasteiger partial charge in [0.25, 0.3) is 5.56 Å². The standard InChI is InChI=1S/C14H14N2O6/c1-9-7-11(17)16(14(20)10(9)8-15)5-6-22-13(19)4-3-12(18)21-2/h3-4,7,20H,5-6H2,1-2H3. The third-order valence-corrected chi connectivity index (χ3v) is 2.71. The van der Waals surface area contributed by atoms with Gasteiger partial charge in [0.2, 0.25) is 5.88 Å². The fraction of sp³-hybridized carbons (Fsp3) is 0.286. The number of nitriles is 1. The van der Waals surface area contributed by atoms with E-state index in [1.54, 1.807) is 6.07 Å². The first-order valence-corrected chi connectivity index (χ1v) is 6.17. The van der Waals surface area contributed by atoms with Crippen LogP contribution in [0, 0.1) is 18.3 Å². The Balaban J connectivity index is 2.73. The number of pyridine rings is 1. The molecule has 0 aromatic carbocycles. The summed E-state index contributed by atoms with van der Waals surface area (Å²) in [5.41, 5.74) is -0.175. The zero-order valence-electron chi connectivity index (χ0n) is 12.0. The number of aryl methyl sites for hydroxylation is 1. The molecular formula is C14H14N2O6. The highest BCUT2D eigenvalue weighted by molar-refractivity contribution is 5.91. The van der Waals surface area contributed by atoms with Gasteiger partial charge in [-0.3, -0.25) is 9.36 Å². The van der Waals surface area contributed by atoms with Gasteiger partial charge < -0.3 is 14.6 Å². The lowest BCUT2D eigenvalue weighted by atomic mass is 10.1. The highest BCUT2D eigenvalue weighted by Gasteiger charge is 2.12. The molecular weight excluding hydrogens is 292 g/mol. The van der Waals surface area contributed by atoms with E-state index in [2.05, 4.69) is 4.74 Å². The van der Waals surface area contributed by atoms with Crippen LogP contribution in [0.5, 0.6) is 5.88 Å². The number of carbonyl (C=O) groups is 2. The lowest BCUT2D eigenvalue weighted by Crippen LogP contribution is -2.23. The van der Waals surface area contributed by atoms with Crippen LogP contribution in [-0.2, 0) is 25.6 Å². The molecule has 22 heavy (non-hydrogen) atoms. The second kappa shape index (κ2) is 7.64. The van der Waals surface area contributed by atoms with Gasteiger partial charge >= 0.3 is 11.9 Å². The third-order valence-electron chi connectivity index (χ3n) is 2.71. The maximum absolute atomic E-state index is 11.7. The van der Waals surface area contributed by atoms with Gasteiger partial charge in [-0.15, -0.1) is 0 Å². The lowest BCUT2D eigenvalue weighted by molar-refractivity contribution is -0.139. The number of methoxy groups -OCH3 is 1. The normalized spacial score (nSPS) is 10.2. The van der Waals surface area contributed by atoms with Crippen molar-refractivity contribution in [3.8, 4) is 11.9 Å². The molecule has 0 radical (unpaired) electrons. The van der Waals surface area contributed by atoms with E-state index in [0.717, 1.165) is 23.8 Å². The quantitative estimate of drug-likeness (QED) is 0.601. The van der Waals surface area contributed by atoms with E-state index in [0.29, 0.717) is 5.56 Å². The number of rotatable bonds is 5. The molecule has 0 saturated heterocycles. The first-order chi connectivity index (χ1) is 10.4. The molecule has 1 rings (SSSR count). The molecule has 116 valence electrons. The van der Waals surface area contributed by atoms with Gasteiger partial charge in [0.15, 0.2) is 0 Å². The second-order valence-electron chi connectivity index (χ2n) is 4.15. The van der Waals surface area contributed by atoms with Gasteiger partial charge in [-0.1, -0.05) is 0 Å². The van der Waals surface area contributed by atoms with Gasteiger partial charge in [-0.25, -0.2) is 9.59 Å². The average Bonchev–Trinajstić information content (AvgIpc) is 2.48. The van der Waals surface area contributed by atoms with E-state index in [1.165, 1.54) is 13.0 Å². The van der Waals surface area contributed by atoms with Crippen molar-refractivity contribution in [2.45, 2.75) is 13.5 Å². The van der Waals surface area contributed by atoms with Crippen molar-refractivity contribution in [1.29, 1.82) is 5.26 Å². The van der Waals surface area contributed by atoms with Crippen LogP contribution in [0.25, 0.3) is 0 Å². The molecule has 0 aliphatic heterocycles. The predicted octanol–water partition coefficient (Wildman–Crippen LogP) is 0.00640. The molecule has 1 aromatic heterocycles. The number of nitrogens with zero attached hydrogens (tertiary/aromatic N) is 2. The number of hydrogen-bond acceptors (Lipinski definition) is 7.